The van der Waals surface area contributed by atoms with Gasteiger partial charge in [0.25, 0.3) is 0 Å². The highest BCUT2D eigenvalue weighted by Gasteiger charge is 1.87. The lowest BCUT2D eigenvalue weighted by Gasteiger charge is -1.89. The Morgan fingerprint density at radius 3 is 2.55 bits per heavy atom. The fourth-order valence-corrected chi connectivity index (χ4v) is 1.98. The van der Waals surface area contributed by atoms with Gasteiger partial charge >= 0.3 is 0 Å². The molecule has 0 N–H and O–H groups in total. The van der Waals surface area contributed by atoms with Crippen molar-refractivity contribution in [2.75, 3.05) is 5.45 Å². The van der Waals surface area contributed by atoms with Gasteiger partial charge in [-0.3, -0.25) is 0 Å². The SMILES string of the molecule is O=[SH](=N\CBr)/c1ccccc1. The third kappa shape index (κ3) is 2.63. The van der Waals surface area contributed by atoms with Gasteiger partial charge in [-0.1, -0.05) is 34.1 Å². The summed E-state index contributed by atoms with van der Waals surface area (Å²) in [6.07, 6.45) is 0. The Kier molecular flexibility index (Phi) is 3.59. The number of hydrogen-bond acceptors (Lipinski definition) is 2. The van der Waals surface area contributed by atoms with Gasteiger partial charge in [0.15, 0.2) is 0 Å². The fourth-order valence-electron chi connectivity index (χ4n) is 0.686. The first-order chi connectivity index (χ1) is 5.34. The van der Waals surface area contributed by atoms with E-state index < -0.39 is 10.6 Å². The molecule has 1 atom stereocenters. The second kappa shape index (κ2) is 4.51. The molecule has 0 heterocycles. The summed E-state index contributed by atoms with van der Waals surface area (Å²) in [4.78, 5) is 0.780. The highest BCUT2D eigenvalue weighted by Crippen LogP contribution is 2.01. The van der Waals surface area contributed by atoms with Crippen molar-refractivity contribution >= 4 is 26.5 Å². The van der Waals surface area contributed by atoms with Crippen LogP contribution in [0.5, 0.6) is 0 Å². The van der Waals surface area contributed by atoms with Gasteiger partial charge in [0.1, 0.15) is 5.45 Å². The number of halogens is 1. The van der Waals surface area contributed by atoms with Gasteiger partial charge in [-0.2, -0.15) is 0 Å². The lowest BCUT2D eigenvalue weighted by Crippen LogP contribution is -1.78. The Balaban J connectivity index is 2.95. The van der Waals surface area contributed by atoms with E-state index in [9.17, 15) is 4.21 Å². The van der Waals surface area contributed by atoms with Crippen LogP contribution in [0.1, 0.15) is 0 Å². The minimum absolute atomic E-state index is 0.428. The number of benzene rings is 1. The van der Waals surface area contributed by atoms with E-state index >= 15 is 0 Å². The van der Waals surface area contributed by atoms with Gasteiger partial charge < -0.3 is 0 Å². The van der Waals surface area contributed by atoms with E-state index in [1.807, 2.05) is 30.3 Å². The van der Waals surface area contributed by atoms with Crippen molar-refractivity contribution in [2.24, 2.45) is 4.36 Å². The molecule has 0 saturated heterocycles. The highest BCUT2D eigenvalue weighted by molar-refractivity contribution is 9.09. The summed E-state index contributed by atoms with van der Waals surface area (Å²) in [5.74, 6) is 0. The van der Waals surface area contributed by atoms with Crippen molar-refractivity contribution in [3.8, 4) is 0 Å². The normalized spacial score (nSPS) is 13.2. The molecule has 0 aliphatic carbocycles. The van der Waals surface area contributed by atoms with E-state index in [0.29, 0.717) is 5.45 Å². The maximum Gasteiger partial charge on any atom is 0.104 e. The molecule has 1 unspecified atom stereocenters. The summed E-state index contributed by atoms with van der Waals surface area (Å²) in [6, 6.07) is 9.22. The summed E-state index contributed by atoms with van der Waals surface area (Å²) < 4.78 is 15.0. The minimum atomic E-state index is -1.55. The van der Waals surface area contributed by atoms with Crippen LogP contribution in [-0.2, 0) is 10.6 Å². The molecular formula is C7H8BrNOS. The number of rotatable bonds is 2. The van der Waals surface area contributed by atoms with Crippen LogP contribution in [-0.4, -0.2) is 9.66 Å². The number of thiol groups is 1. The first kappa shape index (κ1) is 8.74. The molecule has 60 valence electrons. The molecule has 4 heteroatoms. The highest BCUT2D eigenvalue weighted by atomic mass is 79.9. The third-order valence-corrected chi connectivity index (χ3v) is 2.94. The third-order valence-electron chi connectivity index (χ3n) is 1.16. The van der Waals surface area contributed by atoms with Crippen LogP contribution in [0, 0.1) is 0 Å². The van der Waals surface area contributed by atoms with Crippen molar-refractivity contribution in [3.63, 3.8) is 0 Å². The smallest absolute Gasteiger partial charge is 0.104 e. The summed E-state index contributed by atoms with van der Waals surface area (Å²) in [6.45, 7) is 0. The van der Waals surface area contributed by atoms with E-state index in [1.54, 1.807) is 0 Å². The van der Waals surface area contributed by atoms with E-state index in [1.165, 1.54) is 0 Å². The minimum Gasteiger partial charge on any atom is -0.248 e. The molecule has 1 aromatic rings. The van der Waals surface area contributed by atoms with Crippen molar-refractivity contribution in [2.45, 2.75) is 4.90 Å². The topological polar surface area (TPSA) is 29.4 Å². The Bertz CT molecular complexity index is 293. The van der Waals surface area contributed by atoms with Crippen LogP contribution in [0.2, 0.25) is 0 Å². The lowest BCUT2D eigenvalue weighted by molar-refractivity contribution is 0.688. The zero-order valence-electron chi connectivity index (χ0n) is 5.77. The first-order valence-corrected chi connectivity index (χ1v) is 5.43. The van der Waals surface area contributed by atoms with Crippen molar-refractivity contribution < 1.29 is 4.21 Å². The summed E-state index contributed by atoms with van der Waals surface area (Å²) in [5.41, 5.74) is 0.428. The Hall–Kier alpha value is -0.350. The summed E-state index contributed by atoms with van der Waals surface area (Å²) in [5, 5.41) is 0. The lowest BCUT2D eigenvalue weighted by atomic mass is 10.4. The molecule has 0 aromatic heterocycles. The molecule has 2 nitrogen and oxygen atoms in total. The molecule has 0 spiro atoms. The van der Waals surface area contributed by atoms with E-state index in [4.69, 9.17) is 0 Å². The zero-order valence-corrected chi connectivity index (χ0v) is 8.25. The van der Waals surface area contributed by atoms with Crippen LogP contribution in [0.4, 0.5) is 0 Å². The van der Waals surface area contributed by atoms with Crippen LogP contribution >= 0.6 is 15.9 Å². The Morgan fingerprint density at radius 2 is 2.00 bits per heavy atom. The van der Waals surface area contributed by atoms with Crippen LogP contribution in [0.15, 0.2) is 39.6 Å². The monoisotopic (exact) mass is 233 g/mol. The van der Waals surface area contributed by atoms with Gasteiger partial charge in [0, 0.05) is 4.90 Å². The molecular weight excluding hydrogens is 226 g/mol. The van der Waals surface area contributed by atoms with Crippen molar-refractivity contribution in [1.82, 2.24) is 0 Å². The molecule has 0 saturated carbocycles. The quantitative estimate of drug-likeness (QED) is 0.473. The summed E-state index contributed by atoms with van der Waals surface area (Å²) >= 11 is 3.10. The first-order valence-electron chi connectivity index (χ1n) is 3.10. The largest absolute Gasteiger partial charge is 0.248 e. The van der Waals surface area contributed by atoms with Crippen molar-refractivity contribution in [3.05, 3.63) is 30.3 Å². The second-order valence-corrected chi connectivity index (χ2v) is 3.72. The van der Waals surface area contributed by atoms with Crippen molar-refractivity contribution in [1.29, 1.82) is 0 Å². The molecule has 0 aliphatic rings. The molecule has 0 amide bonds. The number of nitrogens with zero attached hydrogens (tertiary/aromatic N) is 1. The maximum atomic E-state index is 11.2. The Labute approximate surface area is 76.0 Å². The van der Waals surface area contributed by atoms with E-state index in [-0.39, 0.29) is 0 Å². The predicted octanol–water partition coefficient (Wildman–Crippen LogP) is 2.06. The van der Waals surface area contributed by atoms with Gasteiger partial charge in [-0.05, 0) is 12.1 Å². The standard InChI is InChI=1S/C7H8BrNOS/c8-6-9-11(10)7-4-2-1-3-5-7/h1-5,11H,6H2. The molecule has 0 bridgehead atoms. The molecule has 1 rings (SSSR count). The van der Waals surface area contributed by atoms with Crippen LogP contribution < -0.4 is 0 Å². The predicted molar refractivity (Wildman–Crippen MR) is 50.5 cm³/mol. The Morgan fingerprint density at radius 1 is 1.36 bits per heavy atom. The molecule has 0 radical (unpaired) electrons. The average Bonchev–Trinajstić information content (AvgIpc) is 2.07. The molecule has 0 aliphatic heterocycles. The molecule has 0 fully saturated rings. The van der Waals surface area contributed by atoms with Crippen LogP contribution in [0.3, 0.4) is 0 Å². The fraction of sp³-hybridized carbons (Fsp3) is 0.143. The number of alkyl halides is 1. The summed E-state index contributed by atoms with van der Waals surface area (Å²) in [7, 11) is -1.55. The van der Waals surface area contributed by atoms with Gasteiger partial charge in [-0.15, -0.1) is 0 Å². The van der Waals surface area contributed by atoms with E-state index in [2.05, 4.69) is 20.3 Å². The molecule has 11 heavy (non-hydrogen) atoms. The van der Waals surface area contributed by atoms with Gasteiger partial charge in [0.2, 0.25) is 0 Å². The van der Waals surface area contributed by atoms with E-state index in [0.717, 1.165) is 4.90 Å². The van der Waals surface area contributed by atoms with Crippen LogP contribution in [0.25, 0.3) is 0 Å². The molecule has 1 aromatic carbocycles. The zero-order chi connectivity index (χ0) is 8.10. The second-order valence-electron chi connectivity index (χ2n) is 1.87. The average molecular weight is 234 g/mol. The van der Waals surface area contributed by atoms with Gasteiger partial charge in [-0.25, -0.2) is 8.57 Å². The maximum absolute atomic E-state index is 11.2. The van der Waals surface area contributed by atoms with Gasteiger partial charge in [0.05, 0.1) is 10.6 Å². The number of hydrogen-bond donors (Lipinski definition) is 1.